The molecule has 0 radical (unpaired) electrons. The first-order valence-corrected chi connectivity index (χ1v) is 15.3. The fraction of sp³-hybridized carbons (Fsp3) is 0.333. The topological polar surface area (TPSA) is 113 Å². The number of allylic oxidation sites excluding steroid dienone is 2. The molecule has 0 aliphatic carbocycles. The third kappa shape index (κ3) is 4.55. The third-order valence-corrected chi connectivity index (χ3v) is 9.13. The van der Waals surface area contributed by atoms with Crippen molar-refractivity contribution in [2.45, 2.75) is 38.1 Å². The van der Waals surface area contributed by atoms with Crippen molar-refractivity contribution < 1.29 is 9.53 Å². The van der Waals surface area contributed by atoms with Crippen molar-refractivity contribution in [3.8, 4) is 11.4 Å². The molecule has 44 heavy (non-hydrogen) atoms. The summed E-state index contributed by atoms with van der Waals surface area (Å²) in [6.45, 7) is 3.25. The number of carbonyl (C=O) groups is 1. The van der Waals surface area contributed by atoms with Crippen LogP contribution in [0.2, 0.25) is 0 Å². The van der Waals surface area contributed by atoms with Gasteiger partial charge in [-0.05, 0) is 87.6 Å². The van der Waals surface area contributed by atoms with Gasteiger partial charge in [0, 0.05) is 35.5 Å². The number of H-pyrrole nitrogens is 1. The quantitative estimate of drug-likeness (QED) is 0.293. The van der Waals surface area contributed by atoms with Crippen LogP contribution in [-0.2, 0) is 11.3 Å². The van der Waals surface area contributed by atoms with Gasteiger partial charge in [0.15, 0.2) is 12.3 Å². The van der Waals surface area contributed by atoms with Crippen LogP contribution in [-0.4, -0.2) is 68.4 Å². The van der Waals surface area contributed by atoms with Crippen molar-refractivity contribution in [3.63, 3.8) is 0 Å². The highest BCUT2D eigenvalue weighted by Gasteiger charge is 2.27. The summed E-state index contributed by atoms with van der Waals surface area (Å²) in [5, 5.41) is 5.02. The number of hydrogen-bond donors (Lipinski definition) is 2. The van der Waals surface area contributed by atoms with Crippen molar-refractivity contribution in [1.29, 1.82) is 0 Å². The Morgan fingerprint density at radius 2 is 1.91 bits per heavy atom. The summed E-state index contributed by atoms with van der Waals surface area (Å²) in [4.78, 5) is 43.4. The van der Waals surface area contributed by atoms with Crippen LogP contribution in [0.25, 0.3) is 27.6 Å². The average molecular weight is 591 g/mol. The molecule has 0 spiro atoms. The molecule has 1 fully saturated rings. The van der Waals surface area contributed by atoms with E-state index in [1.165, 1.54) is 23.8 Å². The Morgan fingerprint density at radius 3 is 2.80 bits per heavy atom. The number of anilines is 3. The van der Waals surface area contributed by atoms with E-state index in [9.17, 15) is 9.59 Å². The molecular formula is C33H34N8O3. The SMILES string of the molecule is CN1CCC(c2c[nH]c3cc(Nc4ncc5c(=O)n6n(c5n4)-c4ccc5c(c4)N(CCCC=CC6)C(=O)CO5)ccc23)CC1. The summed E-state index contributed by atoms with van der Waals surface area (Å²) in [6, 6.07) is 12.0. The first kappa shape index (κ1) is 26.7. The second-order valence-electron chi connectivity index (χ2n) is 11.9. The summed E-state index contributed by atoms with van der Waals surface area (Å²) < 4.78 is 9.21. The molecule has 3 aliphatic heterocycles. The Bertz CT molecular complexity index is 2000. The van der Waals surface area contributed by atoms with E-state index in [0.717, 1.165) is 37.1 Å². The number of rotatable bonds is 3. The zero-order valence-electron chi connectivity index (χ0n) is 24.6. The highest BCUT2D eigenvalue weighted by molar-refractivity contribution is 5.98. The normalized spacial score (nSPS) is 17.8. The lowest BCUT2D eigenvalue weighted by Crippen LogP contribution is -2.39. The molecular weight excluding hydrogens is 556 g/mol. The van der Waals surface area contributed by atoms with Crippen molar-refractivity contribution in [2.24, 2.45) is 0 Å². The van der Waals surface area contributed by atoms with E-state index >= 15 is 0 Å². The van der Waals surface area contributed by atoms with Crippen LogP contribution < -0.4 is 20.5 Å². The predicted molar refractivity (Wildman–Crippen MR) is 170 cm³/mol. The average Bonchev–Trinajstić information content (AvgIpc) is 3.57. The van der Waals surface area contributed by atoms with Gasteiger partial charge in [0.2, 0.25) is 5.95 Å². The second-order valence-corrected chi connectivity index (χ2v) is 11.9. The molecule has 5 aromatic rings. The van der Waals surface area contributed by atoms with Crippen LogP contribution in [0.4, 0.5) is 17.3 Å². The van der Waals surface area contributed by atoms with Crippen LogP contribution >= 0.6 is 0 Å². The van der Waals surface area contributed by atoms with Crippen molar-refractivity contribution in [2.75, 3.05) is 43.5 Å². The molecule has 2 bridgehead atoms. The number of aromatic nitrogens is 5. The maximum atomic E-state index is 13.6. The molecule has 2 N–H and O–H groups in total. The molecule has 1 saturated heterocycles. The molecule has 0 unspecified atom stereocenters. The van der Waals surface area contributed by atoms with Gasteiger partial charge in [-0.1, -0.05) is 18.2 Å². The summed E-state index contributed by atoms with van der Waals surface area (Å²) in [5.74, 6) is 1.54. The zero-order chi connectivity index (χ0) is 29.8. The number of nitrogens with zero attached hydrogens (tertiary/aromatic N) is 6. The van der Waals surface area contributed by atoms with Gasteiger partial charge in [-0.25, -0.2) is 14.3 Å². The fourth-order valence-corrected chi connectivity index (χ4v) is 6.76. The lowest BCUT2D eigenvalue weighted by atomic mass is 9.89. The number of amides is 1. The monoisotopic (exact) mass is 590 g/mol. The second kappa shape index (κ2) is 10.7. The third-order valence-electron chi connectivity index (χ3n) is 9.13. The summed E-state index contributed by atoms with van der Waals surface area (Å²) in [6.07, 6.45) is 11.7. The molecule has 11 heteroatoms. The van der Waals surface area contributed by atoms with Crippen molar-refractivity contribution in [3.05, 3.63) is 76.9 Å². The van der Waals surface area contributed by atoms with Crippen LogP contribution in [0.3, 0.4) is 0 Å². The van der Waals surface area contributed by atoms with Crippen LogP contribution in [0.15, 0.2) is 65.7 Å². The van der Waals surface area contributed by atoms with E-state index < -0.39 is 0 Å². The number of ether oxygens (including phenoxy) is 1. The number of nitrogens with one attached hydrogen (secondary N) is 2. The number of carbonyl (C=O) groups excluding carboxylic acids is 1. The van der Waals surface area contributed by atoms with Gasteiger partial charge in [0.1, 0.15) is 11.1 Å². The Hall–Kier alpha value is -4.90. The smallest absolute Gasteiger partial charge is 0.278 e. The molecule has 0 atom stereocenters. The standard InChI is InChI=1S/C33H34N8O3/c1-38-14-10-21(11-15-38)25-18-34-27-16-22(6-8-24(25)27)36-33-35-19-26-31(37-33)41-23-7-9-29-28(17-23)39(30(42)20-44-29)12-4-2-3-5-13-40(41)32(26)43/h3,5-9,16-19,21,34H,2,4,10-15,20H2,1H3,(H,35,36,37). The molecule has 0 saturated carbocycles. The van der Waals surface area contributed by atoms with Crippen LogP contribution in [0.5, 0.6) is 5.75 Å². The zero-order valence-corrected chi connectivity index (χ0v) is 24.6. The molecule has 11 nitrogen and oxygen atoms in total. The van der Waals surface area contributed by atoms with E-state index in [0.29, 0.717) is 53.1 Å². The summed E-state index contributed by atoms with van der Waals surface area (Å²) in [5.41, 5.74) is 5.03. The lowest BCUT2D eigenvalue weighted by molar-refractivity contribution is -0.121. The molecule has 3 aromatic heterocycles. The molecule has 8 rings (SSSR count). The van der Waals surface area contributed by atoms with E-state index in [2.05, 4.69) is 57.7 Å². The lowest BCUT2D eigenvalue weighted by Gasteiger charge is -2.30. The van der Waals surface area contributed by atoms with Crippen LogP contribution in [0, 0.1) is 0 Å². The van der Waals surface area contributed by atoms with Crippen LogP contribution in [0.1, 0.15) is 37.2 Å². The van der Waals surface area contributed by atoms with Gasteiger partial charge in [-0.2, -0.15) is 4.98 Å². The van der Waals surface area contributed by atoms with Crippen molar-refractivity contribution in [1.82, 2.24) is 29.2 Å². The number of fused-ring (bicyclic) bond motifs is 6. The van der Waals surface area contributed by atoms with E-state index in [1.54, 1.807) is 15.8 Å². The molecule has 1 amide bonds. The van der Waals surface area contributed by atoms with Gasteiger partial charge in [0.25, 0.3) is 11.5 Å². The predicted octanol–water partition coefficient (Wildman–Crippen LogP) is 4.69. The van der Waals surface area contributed by atoms with Gasteiger partial charge >= 0.3 is 0 Å². The van der Waals surface area contributed by atoms with Gasteiger partial charge < -0.3 is 24.8 Å². The molecule has 224 valence electrons. The van der Waals surface area contributed by atoms with Gasteiger partial charge in [0.05, 0.1) is 17.9 Å². The fourth-order valence-electron chi connectivity index (χ4n) is 6.76. The number of likely N-dealkylation sites (tertiary alicyclic amines) is 1. The highest BCUT2D eigenvalue weighted by atomic mass is 16.5. The van der Waals surface area contributed by atoms with E-state index in [4.69, 9.17) is 9.72 Å². The number of benzene rings is 2. The minimum absolute atomic E-state index is 0.0232. The largest absolute Gasteiger partial charge is 0.482 e. The number of hydrogen-bond acceptors (Lipinski definition) is 7. The maximum absolute atomic E-state index is 13.6. The van der Waals surface area contributed by atoms with Crippen molar-refractivity contribution >= 4 is 45.2 Å². The minimum atomic E-state index is -0.176. The Kier molecular flexibility index (Phi) is 6.48. The molecule has 2 aromatic carbocycles. The highest BCUT2D eigenvalue weighted by Crippen LogP contribution is 2.36. The Morgan fingerprint density at radius 1 is 1.02 bits per heavy atom. The van der Waals surface area contributed by atoms with Gasteiger partial charge in [-0.3, -0.25) is 9.59 Å². The maximum Gasteiger partial charge on any atom is 0.278 e. The van der Waals surface area contributed by atoms with Gasteiger partial charge in [-0.15, -0.1) is 0 Å². The first-order valence-electron chi connectivity index (χ1n) is 15.3. The van der Waals surface area contributed by atoms with E-state index in [1.807, 2.05) is 29.0 Å². The minimum Gasteiger partial charge on any atom is -0.482 e. The first-order chi connectivity index (χ1) is 21.5. The summed E-state index contributed by atoms with van der Waals surface area (Å²) in [7, 11) is 2.19. The number of aromatic amines is 1. The van der Waals surface area contributed by atoms with E-state index in [-0.39, 0.29) is 18.1 Å². The molecule has 6 heterocycles. The number of piperidine rings is 1. The summed E-state index contributed by atoms with van der Waals surface area (Å²) >= 11 is 0. The molecule has 3 aliphatic rings. The Labute approximate surface area is 253 Å². The Balaban J connectivity index is 1.18.